The van der Waals surface area contributed by atoms with Crippen molar-refractivity contribution < 1.29 is 9.59 Å². The van der Waals surface area contributed by atoms with E-state index in [1.165, 1.54) is 12.8 Å². The van der Waals surface area contributed by atoms with Gasteiger partial charge in [-0.25, -0.2) is 4.98 Å². The van der Waals surface area contributed by atoms with Crippen molar-refractivity contribution in [3.8, 4) is 0 Å². The van der Waals surface area contributed by atoms with E-state index in [1.54, 1.807) is 7.05 Å². The molecule has 1 atom stereocenters. The van der Waals surface area contributed by atoms with E-state index >= 15 is 0 Å². The van der Waals surface area contributed by atoms with Gasteiger partial charge in [-0.15, -0.1) is 0 Å². The lowest BCUT2D eigenvalue weighted by Gasteiger charge is -2.30. The van der Waals surface area contributed by atoms with E-state index in [1.807, 2.05) is 33.9 Å². The summed E-state index contributed by atoms with van der Waals surface area (Å²) in [6.07, 6.45) is 6.71. The molecule has 1 aromatic heterocycles. The Kier molecular flexibility index (Phi) is 5.42. The minimum Gasteiger partial charge on any atom is -0.357 e. The first kappa shape index (κ1) is 19.6. The van der Waals surface area contributed by atoms with E-state index in [-0.39, 0.29) is 11.8 Å². The molecule has 7 heteroatoms. The van der Waals surface area contributed by atoms with Gasteiger partial charge in [0.2, 0.25) is 5.91 Å². The average Bonchev–Trinajstić information content (AvgIpc) is 3.36. The van der Waals surface area contributed by atoms with Crippen LogP contribution in [0, 0.1) is 11.3 Å². The fourth-order valence-electron chi connectivity index (χ4n) is 3.36. The molecule has 2 aliphatic rings. The van der Waals surface area contributed by atoms with Crippen LogP contribution in [0.1, 0.15) is 55.6 Å². The number of rotatable bonds is 5. The number of aromatic nitrogens is 2. The van der Waals surface area contributed by atoms with Crippen LogP contribution in [-0.4, -0.2) is 52.9 Å². The van der Waals surface area contributed by atoms with E-state index in [2.05, 4.69) is 31.2 Å². The predicted octanol–water partition coefficient (Wildman–Crippen LogP) is 1.64. The Morgan fingerprint density at radius 3 is 2.56 bits per heavy atom. The molecule has 0 aromatic carbocycles. The topological polar surface area (TPSA) is 79.3 Å². The van der Waals surface area contributed by atoms with Crippen molar-refractivity contribution in [1.82, 2.24) is 25.1 Å². The third-order valence-electron chi connectivity index (χ3n) is 5.23. The first-order valence-corrected chi connectivity index (χ1v) is 9.69. The first-order valence-electron chi connectivity index (χ1n) is 9.69. The zero-order valence-corrected chi connectivity index (χ0v) is 17.0. The van der Waals surface area contributed by atoms with Gasteiger partial charge in [0, 0.05) is 26.7 Å². The second-order valence-corrected chi connectivity index (χ2v) is 8.74. The molecule has 1 aliphatic heterocycles. The van der Waals surface area contributed by atoms with Crippen LogP contribution in [0.15, 0.2) is 6.08 Å². The van der Waals surface area contributed by atoms with Gasteiger partial charge in [-0.05, 0) is 37.3 Å². The van der Waals surface area contributed by atoms with Crippen molar-refractivity contribution in [2.45, 2.75) is 52.7 Å². The van der Waals surface area contributed by atoms with Gasteiger partial charge in [0.1, 0.15) is 11.9 Å². The van der Waals surface area contributed by atoms with Crippen LogP contribution in [0.5, 0.6) is 0 Å². The normalized spacial score (nSPS) is 19.0. The summed E-state index contributed by atoms with van der Waals surface area (Å²) < 4.78 is 2.14. The maximum Gasteiger partial charge on any atom is 0.272 e. The van der Waals surface area contributed by atoms with Gasteiger partial charge < -0.3 is 15.2 Å². The average molecular weight is 374 g/mol. The van der Waals surface area contributed by atoms with E-state index in [0.717, 1.165) is 24.6 Å². The number of hydrogen-bond acceptors (Lipinski definition) is 4. The molecule has 148 valence electrons. The van der Waals surface area contributed by atoms with Gasteiger partial charge in [0.05, 0.1) is 5.69 Å². The minimum absolute atomic E-state index is 0.199. The Bertz CT molecular complexity index is 755. The third-order valence-corrected chi connectivity index (χ3v) is 5.23. The number of allylic oxidation sites excluding steroid dienone is 1. The highest BCUT2D eigenvalue weighted by Crippen LogP contribution is 2.31. The van der Waals surface area contributed by atoms with Crippen molar-refractivity contribution in [2.75, 3.05) is 20.6 Å². The van der Waals surface area contributed by atoms with Crippen LogP contribution >= 0.6 is 0 Å². The maximum absolute atomic E-state index is 13.1. The summed E-state index contributed by atoms with van der Waals surface area (Å²) in [4.78, 5) is 32.2. The Morgan fingerprint density at radius 1 is 1.26 bits per heavy atom. The Labute approximate surface area is 161 Å². The number of hydrogen-bond donors (Lipinski definition) is 2. The fourth-order valence-corrected chi connectivity index (χ4v) is 3.36. The molecule has 1 aromatic rings. The summed E-state index contributed by atoms with van der Waals surface area (Å²) >= 11 is 0. The second-order valence-electron chi connectivity index (χ2n) is 8.74. The fraction of sp³-hybridized carbons (Fsp3) is 0.650. The lowest BCUT2D eigenvalue weighted by molar-refractivity contribution is -0.124. The van der Waals surface area contributed by atoms with Crippen molar-refractivity contribution in [3.63, 3.8) is 0 Å². The lowest BCUT2D eigenvalue weighted by atomic mass is 9.86. The molecular weight excluding hydrogens is 342 g/mol. The Balaban J connectivity index is 1.90. The number of nitrogens with zero attached hydrogens (tertiary/aromatic N) is 3. The number of likely N-dealkylation sites (N-methyl/N-ethyl adjacent to an activating group) is 2. The van der Waals surface area contributed by atoms with Crippen LogP contribution in [0.2, 0.25) is 0 Å². The van der Waals surface area contributed by atoms with Crippen LogP contribution < -0.4 is 10.6 Å². The quantitative estimate of drug-likeness (QED) is 0.822. The van der Waals surface area contributed by atoms with Gasteiger partial charge in [0.25, 0.3) is 5.91 Å². The summed E-state index contributed by atoms with van der Waals surface area (Å²) in [6.45, 7) is 8.23. The molecule has 2 N–H and O–H groups in total. The molecule has 0 bridgehead atoms. The lowest BCUT2D eigenvalue weighted by Crippen LogP contribution is -2.53. The van der Waals surface area contributed by atoms with Crippen molar-refractivity contribution in [1.29, 1.82) is 0 Å². The molecule has 27 heavy (non-hydrogen) atoms. The monoisotopic (exact) mass is 373 g/mol. The maximum atomic E-state index is 13.1. The molecule has 1 fully saturated rings. The number of fused-ring (bicyclic) bond motifs is 1. The molecular formula is C20H31N5O2. The summed E-state index contributed by atoms with van der Waals surface area (Å²) in [5.41, 5.74) is 0.942. The van der Waals surface area contributed by atoms with Crippen LogP contribution in [-0.2, 0) is 17.9 Å². The van der Waals surface area contributed by atoms with Gasteiger partial charge >= 0.3 is 0 Å². The summed E-state index contributed by atoms with van der Waals surface area (Å²) in [5, 5.41) is 5.55. The van der Waals surface area contributed by atoms with Crippen LogP contribution in [0.3, 0.4) is 0 Å². The SMILES string of the molecule is CNC(=O)C(NC(=O)c1nc(C=CC2CC2)n2c1CN(C)CC2)C(C)(C)C. The molecule has 7 nitrogen and oxygen atoms in total. The smallest absolute Gasteiger partial charge is 0.272 e. The highest BCUT2D eigenvalue weighted by atomic mass is 16.2. The Hall–Kier alpha value is -2.15. The number of nitrogens with one attached hydrogen (secondary N) is 2. The zero-order valence-electron chi connectivity index (χ0n) is 17.0. The van der Waals surface area contributed by atoms with E-state index in [9.17, 15) is 9.59 Å². The standard InChI is InChI=1S/C20H31N5O2/c1-20(2,3)17(19(27)21-4)23-18(26)16-14-12-24(5)10-11-25(14)15(22-16)9-8-13-6-7-13/h8-9,13,17H,6-7,10-12H2,1-5H3,(H,21,27)(H,23,26). The molecule has 1 saturated carbocycles. The van der Waals surface area contributed by atoms with Crippen molar-refractivity contribution in [3.05, 3.63) is 23.3 Å². The number of carbonyl (C=O) groups is 2. The highest BCUT2D eigenvalue weighted by Gasteiger charge is 2.34. The van der Waals surface area contributed by atoms with Crippen LogP contribution in [0.25, 0.3) is 6.08 Å². The molecule has 0 spiro atoms. The van der Waals surface area contributed by atoms with Crippen molar-refractivity contribution >= 4 is 17.9 Å². The number of carbonyl (C=O) groups excluding carboxylic acids is 2. The third kappa shape index (κ3) is 4.40. The van der Waals surface area contributed by atoms with Gasteiger partial charge in [-0.3, -0.25) is 14.5 Å². The first-order chi connectivity index (χ1) is 12.7. The summed E-state index contributed by atoms with van der Waals surface area (Å²) in [7, 11) is 3.63. The molecule has 1 aliphatic carbocycles. The number of imidazole rings is 1. The summed E-state index contributed by atoms with van der Waals surface area (Å²) in [5.74, 6) is 1.00. The minimum atomic E-state index is -0.626. The zero-order chi connectivity index (χ0) is 19.8. The predicted molar refractivity (Wildman–Crippen MR) is 105 cm³/mol. The van der Waals surface area contributed by atoms with E-state index in [0.29, 0.717) is 18.2 Å². The van der Waals surface area contributed by atoms with Crippen LogP contribution in [0.4, 0.5) is 0 Å². The molecule has 0 radical (unpaired) electrons. The number of amides is 2. The Morgan fingerprint density at radius 2 is 1.96 bits per heavy atom. The molecule has 2 amide bonds. The molecule has 3 rings (SSSR count). The molecule has 1 unspecified atom stereocenters. The summed E-state index contributed by atoms with van der Waals surface area (Å²) in [6, 6.07) is -0.626. The van der Waals surface area contributed by atoms with E-state index < -0.39 is 11.5 Å². The van der Waals surface area contributed by atoms with E-state index in [4.69, 9.17) is 0 Å². The second kappa shape index (κ2) is 7.46. The van der Waals surface area contributed by atoms with Gasteiger partial charge in [-0.1, -0.05) is 26.8 Å². The molecule has 2 heterocycles. The van der Waals surface area contributed by atoms with Gasteiger partial charge in [0.15, 0.2) is 5.69 Å². The molecule has 0 saturated heterocycles. The van der Waals surface area contributed by atoms with Crippen molar-refractivity contribution in [2.24, 2.45) is 11.3 Å². The van der Waals surface area contributed by atoms with Gasteiger partial charge in [-0.2, -0.15) is 0 Å². The largest absolute Gasteiger partial charge is 0.357 e. The highest BCUT2D eigenvalue weighted by molar-refractivity contribution is 5.97.